The number of nitrogens with one attached hydrogen (secondary N) is 1. The molecule has 2 atom stereocenters. The lowest BCUT2D eigenvalue weighted by Crippen LogP contribution is -2.42. The van der Waals surface area contributed by atoms with Gasteiger partial charge in [0.25, 0.3) is 0 Å². The van der Waals surface area contributed by atoms with Gasteiger partial charge in [-0.05, 0) is 31.9 Å². The summed E-state index contributed by atoms with van der Waals surface area (Å²) in [7, 11) is -3.73. The maximum absolute atomic E-state index is 12.9. The van der Waals surface area contributed by atoms with E-state index in [1.54, 1.807) is 0 Å². The third-order valence-corrected chi connectivity index (χ3v) is 6.24. The number of nitrogens with zero attached hydrogens (tertiary/aromatic N) is 2. The van der Waals surface area contributed by atoms with Crippen LogP contribution in [0.15, 0.2) is 23.2 Å². The van der Waals surface area contributed by atoms with Crippen molar-refractivity contribution in [2.75, 3.05) is 19.7 Å². The van der Waals surface area contributed by atoms with Crippen molar-refractivity contribution in [2.45, 2.75) is 42.4 Å². The summed E-state index contributed by atoms with van der Waals surface area (Å²) in [5.41, 5.74) is 0. The lowest BCUT2D eigenvalue weighted by molar-refractivity contribution is -0.154. The number of hydrogen-bond acceptors (Lipinski definition) is 5. The highest BCUT2D eigenvalue weighted by Crippen LogP contribution is 2.33. The lowest BCUT2D eigenvalue weighted by Gasteiger charge is -2.26. The van der Waals surface area contributed by atoms with Crippen LogP contribution in [-0.4, -0.2) is 55.7 Å². The number of fused-ring (bicyclic) bond motifs is 2. The van der Waals surface area contributed by atoms with Crippen molar-refractivity contribution in [3.8, 4) is 5.88 Å². The summed E-state index contributed by atoms with van der Waals surface area (Å²) < 4.78 is 68.1. The van der Waals surface area contributed by atoms with E-state index in [0.717, 1.165) is 38.1 Å². The third kappa shape index (κ3) is 4.55. The number of rotatable bonds is 4. The lowest BCUT2D eigenvalue weighted by atomic mass is 10.1. The van der Waals surface area contributed by atoms with Crippen LogP contribution in [0.3, 0.4) is 0 Å². The Morgan fingerprint density at radius 1 is 1.24 bits per heavy atom. The fourth-order valence-electron chi connectivity index (χ4n) is 3.21. The second-order valence-electron chi connectivity index (χ2n) is 5.95. The van der Waals surface area contributed by atoms with Crippen LogP contribution in [0.25, 0.3) is 0 Å². The molecule has 0 spiro atoms. The van der Waals surface area contributed by atoms with Crippen LogP contribution in [-0.2, 0) is 10.0 Å². The third-order valence-electron chi connectivity index (χ3n) is 4.26. The van der Waals surface area contributed by atoms with E-state index < -0.39 is 22.8 Å². The molecule has 3 rings (SSSR count). The minimum Gasteiger partial charge on any atom is -0.468 e. The van der Waals surface area contributed by atoms with Gasteiger partial charge in [0.2, 0.25) is 15.9 Å². The highest BCUT2D eigenvalue weighted by Gasteiger charge is 2.43. The molecule has 2 unspecified atom stereocenters. The number of hydrogen-bond donors (Lipinski definition) is 1. The molecule has 11 heteroatoms. The number of pyridine rings is 1. The van der Waals surface area contributed by atoms with E-state index in [-0.39, 0.29) is 35.3 Å². The highest BCUT2D eigenvalue weighted by molar-refractivity contribution is 7.89. The zero-order chi connectivity index (χ0) is 17.4. The molecule has 0 aromatic carbocycles. The summed E-state index contributed by atoms with van der Waals surface area (Å²) in [4.78, 5) is 3.67. The van der Waals surface area contributed by atoms with Crippen molar-refractivity contribution in [3.63, 3.8) is 0 Å². The predicted molar refractivity (Wildman–Crippen MR) is 86.4 cm³/mol. The largest absolute Gasteiger partial charge is 0.468 e. The molecule has 2 aliphatic rings. The molecule has 25 heavy (non-hydrogen) atoms. The van der Waals surface area contributed by atoms with Crippen LogP contribution < -0.4 is 10.1 Å². The van der Waals surface area contributed by atoms with Crippen molar-refractivity contribution in [1.82, 2.24) is 14.6 Å². The first kappa shape index (κ1) is 20.2. The van der Waals surface area contributed by atoms with Crippen LogP contribution in [0.2, 0.25) is 0 Å². The van der Waals surface area contributed by atoms with Crippen LogP contribution >= 0.6 is 12.4 Å². The normalized spacial score (nSPS) is 24.4. The minimum absolute atomic E-state index is 0. The summed E-state index contributed by atoms with van der Waals surface area (Å²) in [6.45, 7) is -0.0837. The Hall–Kier alpha value is -1.10. The van der Waals surface area contributed by atoms with E-state index in [1.807, 2.05) is 0 Å². The van der Waals surface area contributed by atoms with Gasteiger partial charge in [-0.15, -0.1) is 12.4 Å². The van der Waals surface area contributed by atoms with Crippen molar-refractivity contribution >= 4 is 22.4 Å². The van der Waals surface area contributed by atoms with E-state index in [9.17, 15) is 21.6 Å². The SMILES string of the molecule is Cl.O=S(=O)(c1ccc(OCC(F)(F)F)nc1)N1C2CCNCC1CC2. The Labute approximate surface area is 150 Å². The maximum atomic E-state index is 12.9. The molecule has 0 aliphatic carbocycles. The molecule has 0 saturated carbocycles. The first-order valence-corrected chi connectivity index (χ1v) is 9.11. The van der Waals surface area contributed by atoms with Crippen LogP contribution in [0, 0.1) is 0 Å². The molecule has 1 N–H and O–H groups in total. The van der Waals surface area contributed by atoms with Crippen molar-refractivity contribution in [3.05, 3.63) is 18.3 Å². The van der Waals surface area contributed by atoms with E-state index >= 15 is 0 Å². The monoisotopic (exact) mass is 401 g/mol. The summed E-state index contributed by atoms with van der Waals surface area (Å²) in [5, 5.41) is 3.22. The molecule has 2 bridgehead atoms. The van der Waals surface area contributed by atoms with Crippen LogP contribution in [0.4, 0.5) is 13.2 Å². The Kier molecular flexibility index (Phi) is 6.18. The van der Waals surface area contributed by atoms with E-state index in [2.05, 4.69) is 15.0 Å². The molecule has 3 heterocycles. The number of sulfonamides is 1. The smallest absolute Gasteiger partial charge is 0.422 e. The number of ether oxygens (including phenoxy) is 1. The quantitative estimate of drug-likeness (QED) is 0.835. The van der Waals surface area contributed by atoms with Crippen molar-refractivity contribution < 1.29 is 26.3 Å². The Morgan fingerprint density at radius 3 is 2.60 bits per heavy atom. The first-order chi connectivity index (χ1) is 11.3. The average molecular weight is 402 g/mol. The van der Waals surface area contributed by atoms with Gasteiger partial charge >= 0.3 is 6.18 Å². The van der Waals surface area contributed by atoms with Crippen LogP contribution in [0.5, 0.6) is 5.88 Å². The standard InChI is InChI=1S/C14H18F3N3O3S.ClH/c15-14(16,17)9-23-13-4-3-12(8-19-13)24(21,22)20-10-1-2-11(20)7-18-6-5-10;/h3-4,8,10-11,18H,1-2,5-7,9H2;1H. The molecule has 0 radical (unpaired) electrons. The topological polar surface area (TPSA) is 71.5 Å². The molecule has 6 nitrogen and oxygen atoms in total. The van der Waals surface area contributed by atoms with Gasteiger partial charge in [0.05, 0.1) is 6.20 Å². The highest BCUT2D eigenvalue weighted by atomic mass is 35.5. The van der Waals surface area contributed by atoms with Crippen molar-refractivity contribution in [1.29, 1.82) is 0 Å². The van der Waals surface area contributed by atoms with Gasteiger partial charge in [0.15, 0.2) is 6.61 Å². The Balaban J connectivity index is 0.00000225. The molecular formula is C14H19ClF3N3O3S. The van der Waals surface area contributed by atoms with Gasteiger partial charge in [-0.25, -0.2) is 13.4 Å². The van der Waals surface area contributed by atoms with Gasteiger partial charge in [-0.3, -0.25) is 0 Å². The number of aromatic nitrogens is 1. The Morgan fingerprint density at radius 2 is 1.96 bits per heavy atom. The second-order valence-corrected chi connectivity index (χ2v) is 7.79. The van der Waals surface area contributed by atoms with E-state index in [1.165, 1.54) is 10.4 Å². The van der Waals surface area contributed by atoms with E-state index in [4.69, 9.17) is 0 Å². The second kappa shape index (κ2) is 7.65. The van der Waals surface area contributed by atoms with Gasteiger partial charge < -0.3 is 10.1 Å². The van der Waals surface area contributed by atoms with E-state index in [0.29, 0.717) is 6.54 Å². The zero-order valence-corrected chi connectivity index (χ0v) is 14.8. The van der Waals surface area contributed by atoms with Gasteiger partial charge in [0.1, 0.15) is 4.90 Å². The summed E-state index contributed by atoms with van der Waals surface area (Å²) in [5.74, 6) is -0.258. The Bertz CT molecular complexity index is 671. The summed E-state index contributed by atoms with van der Waals surface area (Å²) in [6.07, 6.45) is -1.04. The average Bonchev–Trinajstić information content (AvgIpc) is 2.79. The minimum atomic E-state index is -4.47. The zero-order valence-electron chi connectivity index (χ0n) is 13.2. The van der Waals surface area contributed by atoms with Gasteiger partial charge in [-0.1, -0.05) is 0 Å². The fourth-order valence-corrected chi connectivity index (χ4v) is 5.06. The molecule has 2 aliphatic heterocycles. The molecule has 0 amide bonds. The first-order valence-electron chi connectivity index (χ1n) is 7.67. The number of alkyl halides is 3. The summed E-state index contributed by atoms with van der Waals surface area (Å²) in [6, 6.07) is 2.25. The molecule has 1 aromatic rings. The van der Waals surface area contributed by atoms with Crippen molar-refractivity contribution in [2.24, 2.45) is 0 Å². The molecule has 2 fully saturated rings. The fraction of sp³-hybridized carbons (Fsp3) is 0.643. The molecular weight excluding hydrogens is 383 g/mol. The van der Waals surface area contributed by atoms with Gasteiger partial charge in [0, 0.05) is 24.7 Å². The van der Waals surface area contributed by atoms with Crippen LogP contribution in [0.1, 0.15) is 19.3 Å². The molecule has 1 aromatic heterocycles. The summed E-state index contributed by atoms with van der Waals surface area (Å²) >= 11 is 0. The van der Waals surface area contributed by atoms with Gasteiger partial charge in [-0.2, -0.15) is 17.5 Å². The molecule has 2 saturated heterocycles. The predicted octanol–water partition coefficient (Wildman–Crippen LogP) is 1.96. The number of halogens is 4. The molecule has 142 valence electrons. The maximum Gasteiger partial charge on any atom is 0.422 e.